The van der Waals surface area contributed by atoms with E-state index in [0.29, 0.717) is 27.6 Å². The van der Waals surface area contributed by atoms with Crippen molar-refractivity contribution in [2.24, 2.45) is 7.05 Å². The molecule has 0 aliphatic carbocycles. The number of hydrogen-bond acceptors (Lipinski definition) is 5. The van der Waals surface area contributed by atoms with Crippen molar-refractivity contribution in [3.8, 4) is 5.75 Å². The van der Waals surface area contributed by atoms with Gasteiger partial charge in [-0.2, -0.15) is 13.2 Å². The number of pyridine rings is 2. The Kier molecular flexibility index (Phi) is 7.42. The van der Waals surface area contributed by atoms with Crippen molar-refractivity contribution in [1.29, 1.82) is 0 Å². The maximum atomic E-state index is 12.9. The lowest BCUT2D eigenvalue weighted by molar-refractivity contribution is -0.137. The van der Waals surface area contributed by atoms with E-state index in [0.717, 1.165) is 5.39 Å². The number of benzene rings is 1. The molecule has 1 atom stereocenters. The van der Waals surface area contributed by atoms with E-state index in [1.54, 1.807) is 58.3 Å². The standard InChI is InChI=1S/C25H28F3N3O4/c1-6-15-11-18-17-8-10-29-13-19(17)22(32)31(5)20(18)12-21(15)34-14-16(7-9-25(26,27)28)30-23(33)35-24(2,3)4/h6,8,10-13,16H,1,7,9,14H2,2-5H3,(H,30,33). The Morgan fingerprint density at radius 1 is 1.23 bits per heavy atom. The molecular formula is C25H28F3N3O4. The molecule has 1 amide bonds. The number of amides is 1. The molecule has 3 rings (SSSR count). The molecule has 2 heterocycles. The minimum atomic E-state index is -4.39. The van der Waals surface area contributed by atoms with E-state index in [4.69, 9.17) is 9.47 Å². The number of aromatic nitrogens is 2. The maximum absolute atomic E-state index is 12.9. The van der Waals surface area contributed by atoms with Gasteiger partial charge in [0, 0.05) is 42.9 Å². The predicted molar refractivity (Wildman–Crippen MR) is 129 cm³/mol. The summed E-state index contributed by atoms with van der Waals surface area (Å²) in [5.41, 5.74) is 0.103. The number of rotatable bonds is 7. The van der Waals surface area contributed by atoms with Crippen molar-refractivity contribution in [3.63, 3.8) is 0 Å². The van der Waals surface area contributed by atoms with Gasteiger partial charge in [-0.05, 0) is 44.7 Å². The SMILES string of the molecule is C=Cc1cc2c3ccncc3c(=O)n(C)c2cc1OCC(CCC(F)(F)F)NC(=O)OC(C)(C)C. The molecule has 7 nitrogen and oxygen atoms in total. The smallest absolute Gasteiger partial charge is 0.407 e. The van der Waals surface area contributed by atoms with Gasteiger partial charge in [0.15, 0.2) is 0 Å². The number of halogens is 3. The van der Waals surface area contributed by atoms with Crippen LogP contribution in [0.5, 0.6) is 5.75 Å². The van der Waals surface area contributed by atoms with Crippen molar-refractivity contribution in [2.45, 2.75) is 51.4 Å². The van der Waals surface area contributed by atoms with Crippen LogP contribution in [-0.2, 0) is 11.8 Å². The summed E-state index contributed by atoms with van der Waals surface area (Å²) >= 11 is 0. The van der Waals surface area contributed by atoms with Gasteiger partial charge in [-0.3, -0.25) is 9.78 Å². The largest absolute Gasteiger partial charge is 0.491 e. The molecule has 0 radical (unpaired) electrons. The van der Waals surface area contributed by atoms with E-state index < -0.39 is 36.8 Å². The average molecular weight is 492 g/mol. The zero-order chi connectivity index (χ0) is 26.0. The third-order valence-electron chi connectivity index (χ3n) is 5.29. The minimum Gasteiger partial charge on any atom is -0.491 e. The Balaban J connectivity index is 1.93. The predicted octanol–water partition coefficient (Wildman–Crippen LogP) is 5.34. The number of carbonyl (C=O) groups is 1. The number of nitrogens with zero attached hydrogens (tertiary/aromatic N) is 2. The van der Waals surface area contributed by atoms with E-state index in [1.165, 1.54) is 10.8 Å². The number of alkyl halides is 3. The van der Waals surface area contributed by atoms with E-state index >= 15 is 0 Å². The average Bonchev–Trinajstić information content (AvgIpc) is 2.77. The molecule has 1 aromatic carbocycles. The number of fused-ring (bicyclic) bond motifs is 3. The first-order valence-corrected chi connectivity index (χ1v) is 11.0. The summed E-state index contributed by atoms with van der Waals surface area (Å²) in [6, 6.07) is 4.21. The van der Waals surface area contributed by atoms with E-state index in [1.807, 2.05) is 0 Å². The molecule has 35 heavy (non-hydrogen) atoms. The zero-order valence-electron chi connectivity index (χ0n) is 20.0. The van der Waals surface area contributed by atoms with Gasteiger partial charge in [0.05, 0.1) is 16.9 Å². The first-order valence-electron chi connectivity index (χ1n) is 11.0. The number of nitrogens with one attached hydrogen (secondary N) is 1. The van der Waals surface area contributed by atoms with Crippen LogP contribution < -0.4 is 15.6 Å². The summed E-state index contributed by atoms with van der Waals surface area (Å²) in [7, 11) is 1.62. The molecule has 10 heteroatoms. The lowest BCUT2D eigenvalue weighted by atomic mass is 10.0. The molecule has 0 saturated carbocycles. The van der Waals surface area contributed by atoms with Gasteiger partial charge in [-0.25, -0.2) is 4.79 Å². The topological polar surface area (TPSA) is 82.5 Å². The number of carbonyl (C=O) groups excluding carboxylic acids is 1. The zero-order valence-corrected chi connectivity index (χ0v) is 20.0. The van der Waals surface area contributed by atoms with Crippen LogP contribution in [0, 0.1) is 0 Å². The van der Waals surface area contributed by atoms with Gasteiger partial charge in [0.1, 0.15) is 18.0 Å². The van der Waals surface area contributed by atoms with Crippen LogP contribution in [0.3, 0.4) is 0 Å². The Morgan fingerprint density at radius 3 is 2.57 bits per heavy atom. The van der Waals surface area contributed by atoms with Crippen LogP contribution in [0.4, 0.5) is 18.0 Å². The number of alkyl carbamates (subject to hydrolysis) is 1. The highest BCUT2D eigenvalue weighted by Gasteiger charge is 2.30. The van der Waals surface area contributed by atoms with Crippen molar-refractivity contribution >= 4 is 33.8 Å². The third kappa shape index (κ3) is 6.52. The molecule has 0 bridgehead atoms. The monoisotopic (exact) mass is 491 g/mol. The van der Waals surface area contributed by atoms with Gasteiger partial charge in [0.2, 0.25) is 0 Å². The highest BCUT2D eigenvalue weighted by atomic mass is 19.4. The van der Waals surface area contributed by atoms with Gasteiger partial charge >= 0.3 is 12.3 Å². The summed E-state index contributed by atoms with van der Waals surface area (Å²) < 4.78 is 51.1. The van der Waals surface area contributed by atoms with Crippen LogP contribution in [0.2, 0.25) is 0 Å². The highest BCUT2D eigenvalue weighted by molar-refractivity contribution is 6.06. The third-order valence-corrected chi connectivity index (χ3v) is 5.29. The molecule has 3 aromatic rings. The van der Waals surface area contributed by atoms with E-state index in [9.17, 15) is 22.8 Å². The molecule has 0 aliphatic heterocycles. The molecule has 2 aromatic heterocycles. The first kappa shape index (κ1) is 26.1. The van der Waals surface area contributed by atoms with Crippen LogP contribution in [-0.4, -0.2) is 40.1 Å². The van der Waals surface area contributed by atoms with Crippen LogP contribution in [0.25, 0.3) is 27.8 Å². The fourth-order valence-corrected chi connectivity index (χ4v) is 3.65. The van der Waals surface area contributed by atoms with Gasteiger partial charge in [-0.15, -0.1) is 0 Å². The molecule has 0 saturated heterocycles. The summed E-state index contributed by atoms with van der Waals surface area (Å²) in [6.45, 7) is 8.53. The maximum Gasteiger partial charge on any atom is 0.407 e. The highest BCUT2D eigenvalue weighted by Crippen LogP contribution is 2.31. The van der Waals surface area contributed by atoms with Crippen molar-refractivity contribution in [3.05, 3.63) is 53.1 Å². The van der Waals surface area contributed by atoms with Crippen molar-refractivity contribution in [1.82, 2.24) is 14.9 Å². The minimum absolute atomic E-state index is 0.243. The van der Waals surface area contributed by atoms with Crippen molar-refractivity contribution in [2.75, 3.05) is 6.61 Å². The molecular weight excluding hydrogens is 463 g/mol. The number of aryl methyl sites for hydroxylation is 1. The van der Waals surface area contributed by atoms with Crippen LogP contribution >= 0.6 is 0 Å². The lowest BCUT2D eigenvalue weighted by Crippen LogP contribution is -2.42. The molecule has 0 spiro atoms. The summed E-state index contributed by atoms with van der Waals surface area (Å²) in [6.07, 6.45) is -2.07. The van der Waals surface area contributed by atoms with Gasteiger partial charge in [0.25, 0.3) is 5.56 Å². The van der Waals surface area contributed by atoms with Gasteiger partial charge < -0.3 is 19.4 Å². The lowest BCUT2D eigenvalue weighted by Gasteiger charge is -2.24. The Bertz CT molecular complexity index is 1310. The molecule has 0 fully saturated rings. The molecule has 188 valence electrons. The quantitative estimate of drug-likeness (QED) is 0.451. The molecule has 1 unspecified atom stereocenters. The molecule has 1 N–H and O–H groups in total. The number of ether oxygens (including phenoxy) is 2. The summed E-state index contributed by atoms with van der Waals surface area (Å²) in [5.74, 6) is 0.318. The summed E-state index contributed by atoms with van der Waals surface area (Å²) in [4.78, 5) is 29.0. The normalized spacial score (nSPS) is 13.0. The van der Waals surface area contributed by atoms with Crippen LogP contribution in [0.15, 0.2) is 42.0 Å². The van der Waals surface area contributed by atoms with E-state index in [-0.39, 0.29) is 12.2 Å². The second-order valence-electron chi connectivity index (χ2n) is 9.20. The fourth-order valence-electron chi connectivity index (χ4n) is 3.65. The Morgan fingerprint density at radius 2 is 1.94 bits per heavy atom. The van der Waals surface area contributed by atoms with Crippen molar-refractivity contribution < 1.29 is 27.4 Å². The fraction of sp³-hybridized carbons (Fsp3) is 0.400. The van der Waals surface area contributed by atoms with E-state index in [2.05, 4.69) is 16.9 Å². The second kappa shape index (κ2) is 9.97. The van der Waals surface area contributed by atoms with Gasteiger partial charge in [-0.1, -0.05) is 12.7 Å². The Hall–Kier alpha value is -3.56. The Labute approximate surface area is 200 Å². The van der Waals surface area contributed by atoms with Crippen LogP contribution in [0.1, 0.15) is 39.2 Å². The number of hydrogen-bond donors (Lipinski definition) is 1. The molecule has 0 aliphatic rings. The second-order valence-corrected chi connectivity index (χ2v) is 9.20. The summed E-state index contributed by atoms with van der Waals surface area (Å²) in [5, 5.41) is 4.40. The first-order chi connectivity index (χ1) is 16.3.